The van der Waals surface area contributed by atoms with Crippen molar-refractivity contribution >= 4 is 28.2 Å². The molecule has 27 heavy (non-hydrogen) atoms. The van der Waals surface area contributed by atoms with E-state index in [0.29, 0.717) is 11.5 Å². The van der Waals surface area contributed by atoms with Crippen LogP contribution in [0.1, 0.15) is 11.3 Å². The topological polar surface area (TPSA) is 93.4 Å². The van der Waals surface area contributed by atoms with E-state index in [9.17, 15) is 14.7 Å². The van der Waals surface area contributed by atoms with Gasteiger partial charge in [-0.1, -0.05) is 0 Å². The van der Waals surface area contributed by atoms with E-state index >= 15 is 0 Å². The van der Waals surface area contributed by atoms with Crippen molar-refractivity contribution in [3.8, 4) is 11.5 Å². The van der Waals surface area contributed by atoms with Gasteiger partial charge in [-0.05, 0) is 17.7 Å². The maximum Gasteiger partial charge on any atom is 0.323 e. The summed E-state index contributed by atoms with van der Waals surface area (Å²) in [6, 6.07) is 5.22. The van der Waals surface area contributed by atoms with Gasteiger partial charge in [0.1, 0.15) is 18.0 Å². The highest BCUT2D eigenvalue weighted by Gasteiger charge is 2.20. The van der Waals surface area contributed by atoms with Crippen molar-refractivity contribution < 1.29 is 24.2 Å². The monoisotopic (exact) mass is 389 g/mol. The number of carboxylic acids is 1. The minimum atomic E-state index is -1.07. The van der Waals surface area contributed by atoms with E-state index in [2.05, 4.69) is 4.98 Å². The van der Waals surface area contributed by atoms with Crippen LogP contribution >= 0.6 is 11.3 Å². The highest BCUT2D eigenvalue weighted by molar-refractivity contribution is 7.15. The van der Waals surface area contributed by atoms with Crippen LogP contribution in [-0.4, -0.2) is 52.0 Å². The fourth-order valence-corrected chi connectivity index (χ4v) is 3.59. The van der Waals surface area contributed by atoms with Crippen LogP contribution in [-0.2, 0) is 22.6 Å². The Balaban J connectivity index is 1.82. The van der Waals surface area contributed by atoms with E-state index in [1.807, 2.05) is 9.78 Å². The number of imidazole rings is 1. The van der Waals surface area contributed by atoms with Crippen LogP contribution in [0.2, 0.25) is 0 Å². The van der Waals surface area contributed by atoms with Crippen molar-refractivity contribution in [2.24, 2.45) is 0 Å². The highest BCUT2D eigenvalue weighted by Crippen LogP contribution is 2.24. The van der Waals surface area contributed by atoms with Crippen LogP contribution in [0.15, 0.2) is 36.0 Å². The summed E-state index contributed by atoms with van der Waals surface area (Å²) >= 11 is 1.43. The summed E-state index contributed by atoms with van der Waals surface area (Å²) < 4.78 is 12.3. The molecule has 0 atom stereocenters. The van der Waals surface area contributed by atoms with Gasteiger partial charge in [0.2, 0.25) is 5.91 Å². The van der Waals surface area contributed by atoms with Crippen LogP contribution in [0.4, 0.5) is 0 Å². The van der Waals surface area contributed by atoms with Crippen LogP contribution < -0.4 is 9.47 Å². The molecular formula is C18H19N3O5S. The molecule has 0 spiro atoms. The summed E-state index contributed by atoms with van der Waals surface area (Å²) in [7, 11) is 3.07. The van der Waals surface area contributed by atoms with E-state index in [0.717, 1.165) is 16.2 Å². The van der Waals surface area contributed by atoms with Crippen molar-refractivity contribution in [1.29, 1.82) is 0 Å². The molecule has 0 unspecified atom stereocenters. The predicted octanol–water partition coefficient (Wildman–Crippen LogP) is 2.07. The van der Waals surface area contributed by atoms with Gasteiger partial charge in [0.15, 0.2) is 4.96 Å². The average Bonchev–Trinajstić information content (AvgIpc) is 3.25. The molecule has 0 aliphatic rings. The molecule has 3 aromatic rings. The summed E-state index contributed by atoms with van der Waals surface area (Å²) in [5.41, 5.74) is 1.50. The van der Waals surface area contributed by atoms with Crippen LogP contribution in [0, 0.1) is 0 Å². The number of carboxylic acid groups (broad SMARTS) is 1. The van der Waals surface area contributed by atoms with E-state index < -0.39 is 12.5 Å². The van der Waals surface area contributed by atoms with Crippen molar-refractivity contribution in [3.63, 3.8) is 0 Å². The molecule has 1 amide bonds. The number of amides is 1. The summed E-state index contributed by atoms with van der Waals surface area (Å²) in [4.78, 5) is 30.3. The Morgan fingerprint density at radius 2 is 1.93 bits per heavy atom. The fraction of sp³-hybridized carbons (Fsp3) is 0.278. The van der Waals surface area contributed by atoms with E-state index in [1.54, 1.807) is 30.6 Å². The Hall–Kier alpha value is -3.07. The number of benzene rings is 1. The Morgan fingerprint density at radius 3 is 2.56 bits per heavy atom. The minimum absolute atomic E-state index is 0.0880. The van der Waals surface area contributed by atoms with Gasteiger partial charge in [-0.3, -0.25) is 14.0 Å². The Morgan fingerprint density at radius 1 is 1.22 bits per heavy atom. The van der Waals surface area contributed by atoms with Gasteiger partial charge in [0, 0.05) is 36.1 Å². The number of carbonyl (C=O) groups excluding carboxylic acids is 1. The molecule has 1 aromatic carbocycles. The second-order valence-corrected chi connectivity index (χ2v) is 6.68. The molecule has 1 N–H and O–H groups in total. The van der Waals surface area contributed by atoms with Crippen LogP contribution in [0.5, 0.6) is 11.5 Å². The Labute approximate surface area is 159 Å². The van der Waals surface area contributed by atoms with E-state index in [4.69, 9.17) is 9.47 Å². The molecule has 0 aliphatic carbocycles. The molecule has 0 radical (unpaired) electrons. The van der Waals surface area contributed by atoms with Gasteiger partial charge in [-0.15, -0.1) is 11.3 Å². The number of thiazole rings is 1. The number of aliphatic carboxylic acids is 1. The molecule has 0 saturated heterocycles. The van der Waals surface area contributed by atoms with Gasteiger partial charge < -0.3 is 19.5 Å². The minimum Gasteiger partial charge on any atom is -0.497 e. The number of methoxy groups -OCH3 is 2. The summed E-state index contributed by atoms with van der Waals surface area (Å²) in [5, 5.41) is 11.1. The maximum absolute atomic E-state index is 12.8. The van der Waals surface area contributed by atoms with Crippen molar-refractivity contribution in [2.45, 2.75) is 13.0 Å². The van der Waals surface area contributed by atoms with Crippen molar-refractivity contribution in [3.05, 3.63) is 47.2 Å². The number of fused-ring (bicyclic) bond motifs is 1. The molecule has 2 heterocycles. The van der Waals surface area contributed by atoms with Crippen LogP contribution in [0.3, 0.4) is 0 Å². The zero-order chi connectivity index (χ0) is 19.4. The first-order chi connectivity index (χ1) is 13.0. The number of nitrogens with zero attached hydrogens (tertiary/aromatic N) is 3. The lowest BCUT2D eigenvalue weighted by Gasteiger charge is -2.21. The first-order valence-corrected chi connectivity index (χ1v) is 8.99. The number of ether oxygens (including phenoxy) is 2. The molecule has 8 nitrogen and oxygen atoms in total. The summed E-state index contributed by atoms with van der Waals surface area (Å²) in [6.45, 7) is -0.258. The lowest BCUT2D eigenvalue weighted by Crippen LogP contribution is -2.36. The first-order valence-electron chi connectivity index (χ1n) is 8.11. The molecular weight excluding hydrogens is 370 g/mol. The van der Waals surface area contributed by atoms with Gasteiger partial charge in [0.05, 0.1) is 20.6 Å². The largest absolute Gasteiger partial charge is 0.497 e. The van der Waals surface area contributed by atoms with Gasteiger partial charge in [-0.25, -0.2) is 4.98 Å². The van der Waals surface area contributed by atoms with Gasteiger partial charge >= 0.3 is 5.97 Å². The number of carbonyl (C=O) groups is 2. The molecule has 0 fully saturated rings. The van der Waals surface area contributed by atoms with E-state index in [1.165, 1.54) is 30.5 Å². The zero-order valence-corrected chi connectivity index (χ0v) is 15.7. The summed E-state index contributed by atoms with van der Waals surface area (Å²) in [5.74, 6) is -0.209. The molecule has 3 rings (SSSR count). The number of aromatic nitrogens is 2. The molecule has 0 bridgehead atoms. The zero-order valence-electron chi connectivity index (χ0n) is 14.9. The molecule has 0 aliphatic heterocycles. The molecule has 2 aromatic heterocycles. The molecule has 0 saturated carbocycles. The quantitative estimate of drug-likeness (QED) is 0.634. The highest BCUT2D eigenvalue weighted by atomic mass is 32.1. The van der Waals surface area contributed by atoms with Gasteiger partial charge in [-0.2, -0.15) is 0 Å². The molecule has 9 heteroatoms. The normalized spacial score (nSPS) is 10.7. The lowest BCUT2D eigenvalue weighted by molar-refractivity contribution is -0.144. The smallest absolute Gasteiger partial charge is 0.323 e. The number of hydrogen-bond donors (Lipinski definition) is 1. The molecule has 142 valence electrons. The Bertz CT molecular complexity index is 943. The van der Waals surface area contributed by atoms with Gasteiger partial charge in [0.25, 0.3) is 0 Å². The standard InChI is InChI=1S/C18H19N3O5S/c1-25-14-5-12(6-15(8-14)26-2)9-20(10-17(23)24)16(22)7-13-11-27-18-19-3-4-21(13)18/h3-6,8,11H,7,9-10H2,1-2H3,(H,23,24). The third kappa shape index (κ3) is 4.37. The predicted molar refractivity (Wildman–Crippen MR) is 99.4 cm³/mol. The third-order valence-corrected chi connectivity index (χ3v) is 4.92. The van der Waals surface area contributed by atoms with E-state index in [-0.39, 0.29) is 18.9 Å². The lowest BCUT2D eigenvalue weighted by atomic mass is 10.1. The summed E-state index contributed by atoms with van der Waals surface area (Å²) in [6.07, 6.45) is 3.53. The number of rotatable bonds is 8. The first kappa shape index (κ1) is 18.7. The second-order valence-electron chi connectivity index (χ2n) is 5.85. The van der Waals surface area contributed by atoms with Crippen molar-refractivity contribution in [1.82, 2.24) is 14.3 Å². The third-order valence-electron chi connectivity index (χ3n) is 4.01. The average molecular weight is 389 g/mol. The SMILES string of the molecule is COc1cc(CN(CC(=O)O)C(=O)Cc2csc3nccn23)cc(OC)c1. The maximum atomic E-state index is 12.8. The van der Waals surface area contributed by atoms with Crippen molar-refractivity contribution in [2.75, 3.05) is 20.8 Å². The van der Waals surface area contributed by atoms with Crippen LogP contribution in [0.25, 0.3) is 4.96 Å². The fourth-order valence-electron chi connectivity index (χ4n) is 2.74. The Kier molecular flexibility index (Phi) is 5.60. The second kappa shape index (κ2) is 8.09. The number of hydrogen-bond acceptors (Lipinski definition) is 6.